The van der Waals surface area contributed by atoms with Gasteiger partial charge in [0.15, 0.2) is 52.1 Å². The SMILES string of the molecule is C.CNC(=O)[C@@H](OCc1ccc(C)cc1)c1ccccc1.CNC(=O)[C@@H](c1ccccc1)N1CCc2cc(OC)c(OC)cc2[C@@H]1CCc1ccc(C(F)(F)F)cc1.CNC(=O)[C@@H](c1ccccc1)N1CCc2cc(OC)c(OC)cc2[C@@H]1CCc1ccc(C(F)(F)F)cc1.COc1cc2c(cc1OC)[C@H](CCc1ccc(C(F)(F)F)cc1)NCC2.COc1cc2c(cc1OC)[C@H](CCc1ccc(C(F)(F)F)cc1)NCC2.Cl.I. The van der Waals surface area contributed by atoms with Gasteiger partial charge in [0.1, 0.15) is 12.1 Å². The monoisotopic (exact) mass is 2200 g/mol. The van der Waals surface area contributed by atoms with E-state index < -0.39 is 65.1 Å². The number of nitrogens with zero attached hydrogens (tertiary/aromatic N) is 2. The predicted molar refractivity (Wildman–Crippen MR) is 568 cm³/mol. The fraction of sp³-hybridized carbons (Fsp3) is 0.353. The Bertz CT molecular complexity index is 5900. The second-order valence-electron chi connectivity index (χ2n) is 35.6. The summed E-state index contributed by atoms with van der Waals surface area (Å²) in [5.41, 5.74) is 14.8. The summed E-state index contributed by atoms with van der Waals surface area (Å²) >= 11 is 0. The fourth-order valence-electron chi connectivity index (χ4n) is 19.0. The van der Waals surface area contributed by atoms with Crippen LogP contribution in [0, 0.1) is 6.92 Å². The first kappa shape index (κ1) is 120. The number of alkyl halides is 12. The molecule has 7 atom stereocenters. The van der Waals surface area contributed by atoms with E-state index in [1.165, 1.54) is 52.1 Å². The summed E-state index contributed by atoms with van der Waals surface area (Å²) in [6, 6.07) is 73.0. The number of carbonyl (C=O) groups is 3. The molecule has 0 aliphatic carbocycles. The molecule has 0 saturated heterocycles. The van der Waals surface area contributed by atoms with Crippen LogP contribution in [0.4, 0.5) is 52.7 Å². The third kappa shape index (κ3) is 32.0. The number of carbonyl (C=O) groups excluding carboxylic acids is 3. The van der Waals surface area contributed by atoms with Crippen LogP contribution in [-0.2, 0) is 102 Å². The minimum atomic E-state index is -4.37. The van der Waals surface area contributed by atoms with Crippen LogP contribution in [0.3, 0.4) is 0 Å². The Balaban J connectivity index is 0.000000209. The van der Waals surface area contributed by atoms with E-state index in [1.807, 2.05) is 171 Å². The van der Waals surface area contributed by atoms with E-state index in [9.17, 15) is 67.1 Å². The zero-order valence-electron chi connectivity index (χ0n) is 84.5. The Labute approximate surface area is 887 Å². The smallest absolute Gasteiger partial charge is 0.416 e. The molecule has 0 bridgehead atoms. The molecule has 0 fully saturated rings. The largest absolute Gasteiger partial charge is 0.493 e. The lowest BCUT2D eigenvalue weighted by Crippen LogP contribution is -2.44. The number of amides is 3. The first-order chi connectivity index (χ1) is 70.1. The summed E-state index contributed by atoms with van der Waals surface area (Å²) < 4.78 is 204. The minimum absolute atomic E-state index is 0. The number of ether oxygens (including phenoxy) is 9. The van der Waals surface area contributed by atoms with Gasteiger partial charge < -0.3 is 69.2 Å². The highest BCUT2D eigenvalue weighted by molar-refractivity contribution is 14.0. The van der Waals surface area contributed by atoms with Gasteiger partial charge >= 0.3 is 24.7 Å². The van der Waals surface area contributed by atoms with E-state index in [-0.39, 0.29) is 85.7 Å². The molecule has 3 amide bonds. The number of fused-ring (bicyclic) bond motifs is 4. The Kier molecular flexibility index (Phi) is 45.4. The molecule has 0 saturated carbocycles. The average molecular weight is 2210 g/mol. The molecule has 12 aromatic rings. The van der Waals surface area contributed by atoms with Crippen molar-refractivity contribution in [3.8, 4) is 46.0 Å². The average Bonchev–Trinajstić information content (AvgIpc) is 0.761. The number of rotatable bonds is 31. The molecular weight excluding hydrogens is 2070 g/mol. The van der Waals surface area contributed by atoms with Crippen molar-refractivity contribution >= 4 is 54.1 Å². The number of aryl methyl sites for hydroxylation is 5. The van der Waals surface area contributed by atoms with Gasteiger partial charge in [-0.15, -0.1) is 36.4 Å². The number of halogens is 14. The van der Waals surface area contributed by atoms with Crippen molar-refractivity contribution in [2.75, 3.05) is 104 Å². The molecule has 4 heterocycles. The quantitative estimate of drug-likeness (QED) is 0.0203. The standard InChI is InChI=1S/2C29H31F3N2O3.2C20H22F3NO2.C17H19NO2.CH4.ClH.HI/c2*1-33-28(35)27(20-7-5-4-6-8-20)34-16-15-21-17-25(36-2)26(37-3)18-23(21)24(34)14-11-19-9-12-22(13-10-19)29(30,31)32;2*1-25-18-11-14-9-10-24-17(16(14)12-19(18)26-2)8-5-13-3-6-15(7-4-13)20(21,22)23;1-13-8-10-14(11-9-13)12-20-16(17(19)18-2)15-6-4-3-5-7-15;;;/h2*4-10,12-13,17-18,24,27H,11,14-16H2,1-3H3,(H,33,35);2*3-4,6-7,11-12,17,24H,5,8-10H2,1-2H3;3-11,16H,12H2,1-2H3,(H,18,19);1H4;2*1H/t2*24-,27+;2*17-;16-;;;/m00000.../s1. The molecule has 0 unspecified atom stereocenters. The van der Waals surface area contributed by atoms with E-state index in [0.717, 1.165) is 166 Å². The zero-order valence-corrected chi connectivity index (χ0v) is 87.7. The maximum atomic E-state index is 13.2. The van der Waals surface area contributed by atoms with E-state index in [1.54, 1.807) is 102 Å². The lowest BCUT2D eigenvalue weighted by Gasteiger charge is -2.42. The minimum Gasteiger partial charge on any atom is -0.493 e. The second-order valence-corrected chi connectivity index (χ2v) is 35.6. The second kappa shape index (κ2) is 56.3. The van der Waals surface area contributed by atoms with Crippen LogP contribution < -0.4 is 64.5 Å². The van der Waals surface area contributed by atoms with Crippen LogP contribution in [-0.4, -0.2) is 132 Å². The summed E-state index contributed by atoms with van der Waals surface area (Å²) in [5.74, 6) is 4.92. The molecule has 0 radical (unpaired) electrons. The van der Waals surface area contributed by atoms with Gasteiger partial charge in [-0.05, 0) is 283 Å². The number of likely N-dealkylation sites (N-methyl/N-ethyl adjacent to an activating group) is 3. The molecule has 149 heavy (non-hydrogen) atoms. The highest BCUT2D eigenvalue weighted by Crippen LogP contribution is 2.48. The number of nitrogens with one attached hydrogen (secondary N) is 5. The van der Waals surface area contributed by atoms with Gasteiger partial charge in [-0.25, -0.2) is 0 Å². The number of hydrogen-bond donors (Lipinski definition) is 5. The summed E-state index contributed by atoms with van der Waals surface area (Å²) in [6.45, 7) is 5.44. The Morgan fingerprint density at radius 3 is 0.866 bits per heavy atom. The van der Waals surface area contributed by atoms with Crippen molar-refractivity contribution < 1.29 is 110 Å². The number of benzene rings is 12. The van der Waals surface area contributed by atoms with Crippen molar-refractivity contribution in [2.24, 2.45) is 0 Å². The summed E-state index contributed by atoms with van der Waals surface area (Å²) in [4.78, 5) is 42.7. The van der Waals surface area contributed by atoms with E-state index in [0.29, 0.717) is 106 Å². The van der Waals surface area contributed by atoms with Gasteiger partial charge in [-0.3, -0.25) is 24.2 Å². The van der Waals surface area contributed by atoms with Gasteiger partial charge in [0.25, 0.3) is 5.91 Å². The summed E-state index contributed by atoms with van der Waals surface area (Å²) in [5, 5.41) is 15.2. The highest BCUT2D eigenvalue weighted by atomic mass is 127. The van der Waals surface area contributed by atoms with E-state index in [2.05, 4.69) is 36.4 Å². The molecule has 0 spiro atoms. The van der Waals surface area contributed by atoms with Crippen molar-refractivity contribution in [3.63, 3.8) is 0 Å². The lowest BCUT2D eigenvalue weighted by atomic mass is 9.86. The molecule has 19 nitrogen and oxygen atoms in total. The van der Waals surface area contributed by atoms with Crippen molar-refractivity contribution in [1.29, 1.82) is 0 Å². The predicted octanol–water partition coefficient (Wildman–Crippen LogP) is 25.2. The maximum Gasteiger partial charge on any atom is 0.416 e. The Morgan fingerprint density at radius 2 is 0.591 bits per heavy atom. The van der Waals surface area contributed by atoms with Gasteiger partial charge in [-0.2, -0.15) is 52.7 Å². The normalized spacial score (nSPS) is 15.7. The topological polar surface area (TPSA) is 201 Å². The van der Waals surface area contributed by atoms with Gasteiger partial charge in [0, 0.05) is 58.4 Å². The van der Waals surface area contributed by atoms with Crippen LogP contribution >= 0.6 is 36.4 Å². The van der Waals surface area contributed by atoms with Crippen molar-refractivity contribution in [3.05, 3.63) is 378 Å². The molecule has 0 aromatic heterocycles. The molecule has 33 heteroatoms. The molecule has 16 rings (SSSR count). The summed E-state index contributed by atoms with van der Waals surface area (Å²) in [7, 11) is 17.7. The van der Waals surface area contributed by atoms with Gasteiger partial charge in [0.2, 0.25) is 11.8 Å². The van der Waals surface area contributed by atoms with Gasteiger partial charge in [0.05, 0.1) is 85.7 Å². The molecule has 4 aliphatic heterocycles. The Morgan fingerprint density at radius 1 is 0.336 bits per heavy atom. The molecule has 12 aromatic carbocycles. The highest BCUT2D eigenvalue weighted by Gasteiger charge is 2.42. The molecule has 5 N–H and O–H groups in total. The maximum absolute atomic E-state index is 13.2. The first-order valence-corrected chi connectivity index (χ1v) is 48.2. The molecular formula is C116H131ClF12IN7O12. The molecule has 4 aliphatic rings. The summed E-state index contributed by atoms with van der Waals surface area (Å²) in [6.07, 6.45) is -9.37. The number of hydrogen-bond acceptors (Lipinski definition) is 16. The third-order valence-corrected chi connectivity index (χ3v) is 26.7. The lowest BCUT2D eigenvalue weighted by molar-refractivity contribution is -0.138. The van der Waals surface area contributed by atoms with Gasteiger partial charge in [-0.1, -0.05) is 177 Å². The van der Waals surface area contributed by atoms with E-state index >= 15 is 0 Å². The zero-order chi connectivity index (χ0) is 105. The van der Waals surface area contributed by atoms with Crippen LogP contribution in [0.1, 0.15) is 192 Å². The third-order valence-electron chi connectivity index (χ3n) is 26.7. The number of methoxy groups -OCH3 is 8. The van der Waals surface area contributed by atoms with E-state index in [4.69, 9.17) is 42.6 Å². The van der Waals surface area contributed by atoms with Crippen LogP contribution in [0.5, 0.6) is 46.0 Å². The molecule has 800 valence electrons. The van der Waals surface area contributed by atoms with Crippen LogP contribution in [0.2, 0.25) is 0 Å². The Hall–Kier alpha value is -12.6. The van der Waals surface area contributed by atoms with Crippen molar-refractivity contribution in [1.82, 2.24) is 36.4 Å². The van der Waals surface area contributed by atoms with Crippen molar-refractivity contribution in [2.45, 2.75) is 165 Å². The van der Waals surface area contributed by atoms with Crippen LogP contribution in [0.25, 0.3) is 0 Å². The fourth-order valence-corrected chi connectivity index (χ4v) is 19.0. The van der Waals surface area contributed by atoms with Crippen LogP contribution in [0.15, 0.2) is 261 Å². The first-order valence-electron chi connectivity index (χ1n) is 48.2.